The molecule has 1 fully saturated rings. The summed E-state index contributed by atoms with van der Waals surface area (Å²) in [5.41, 5.74) is 0.611. The second-order valence-corrected chi connectivity index (χ2v) is 8.33. The molecule has 0 saturated carbocycles. The number of aliphatic carboxylic acids is 1. The fourth-order valence-electron chi connectivity index (χ4n) is 3.57. The van der Waals surface area contributed by atoms with Crippen molar-refractivity contribution >= 4 is 23.5 Å². The van der Waals surface area contributed by atoms with Crippen LogP contribution in [0.2, 0.25) is 5.02 Å². The predicted octanol–water partition coefficient (Wildman–Crippen LogP) is 1.00. The average molecular weight is 543 g/mol. The van der Waals surface area contributed by atoms with Crippen molar-refractivity contribution in [2.24, 2.45) is 0 Å². The molecule has 0 spiro atoms. The Balaban J connectivity index is 1.73. The van der Waals surface area contributed by atoms with Gasteiger partial charge in [-0.05, 0) is 29.8 Å². The molecule has 37 heavy (non-hydrogen) atoms. The third kappa shape index (κ3) is 7.01. The van der Waals surface area contributed by atoms with Crippen LogP contribution in [0.25, 0.3) is 0 Å². The summed E-state index contributed by atoms with van der Waals surface area (Å²) in [5, 5.41) is 38.6. The average Bonchev–Trinajstić information content (AvgIpc) is 2.89. The number of aliphatic hydroxyl groups is 3. The molecular weight excluding hydrogens is 516 g/mol. The van der Waals surface area contributed by atoms with Gasteiger partial charge >= 0.3 is 11.9 Å². The van der Waals surface area contributed by atoms with Crippen LogP contribution in [0.3, 0.4) is 0 Å². The molecule has 1 aliphatic heterocycles. The smallest absolute Gasteiger partial charge is 0.341 e. The summed E-state index contributed by atoms with van der Waals surface area (Å²) in [6.07, 6.45) is -6.86. The van der Waals surface area contributed by atoms with E-state index in [2.05, 4.69) is 0 Å². The van der Waals surface area contributed by atoms with Crippen molar-refractivity contribution in [2.75, 3.05) is 27.4 Å². The van der Waals surface area contributed by atoms with Crippen molar-refractivity contribution < 1.29 is 58.4 Å². The van der Waals surface area contributed by atoms with Gasteiger partial charge in [0.2, 0.25) is 0 Å². The summed E-state index contributed by atoms with van der Waals surface area (Å²) in [6, 6.07) is 9.21. The number of carboxylic acids is 1. The number of carbonyl (C=O) groups is 2. The molecule has 0 aromatic heterocycles. The van der Waals surface area contributed by atoms with Crippen LogP contribution >= 0.6 is 11.6 Å². The highest BCUT2D eigenvalue weighted by Crippen LogP contribution is 2.37. The molecule has 5 atom stereocenters. The van der Waals surface area contributed by atoms with Crippen LogP contribution in [0.1, 0.15) is 15.9 Å². The van der Waals surface area contributed by atoms with Gasteiger partial charge in [-0.15, -0.1) is 0 Å². The maximum atomic E-state index is 12.8. The molecule has 1 saturated heterocycles. The molecule has 0 aliphatic carbocycles. The summed E-state index contributed by atoms with van der Waals surface area (Å²) in [6.45, 7) is -1.04. The number of hydrogen-bond acceptors (Lipinski definition) is 11. The number of methoxy groups -OCH3 is 2. The van der Waals surface area contributed by atoms with E-state index in [1.54, 1.807) is 24.3 Å². The largest absolute Gasteiger partial charge is 0.493 e. The number of carboxylic acid groups (broad SMARTS) is 1. The zero-order valence-corrected chi connectivity index (χ0v) is 20.7. The Hall–Kier alpha value is -3.13. The third-order valence-electron chi connectivity index (χ3n) is 5.41. The fraction of sp³-hybridized carbons (Fsp3) is 0.417. The van der Waals surface area contributed by atoms with E-state index in [0.29, 0.717) is 11.3 Å². The molecule has 0 bridgehead atoms. The van der Waals surface area contributed by atoms with E-state index in [1.165, 1.54) is 26.4 Å². The topological polar surface area (TPSA) is 170 Å². The molecule has 0 unspecified atom stereocenters. The lowest BCUT2D eigenvalue weighted by atomic mass is 9.99. The summed E-state index contributed by atoms with van der Waals surface area (Å²) in [5.74, 6) is -1.43. The predicted molar refractivity (Wildman–Crippen MR) is 126 cm³/mol. The van der Waals surface area contributed by atoms with Gasteiger partial charge in [-0.25, -0.2) is 9.59 Å². The van der Waals surface area contributed by atoms with E-state index in [0.717, 1.165) is 0 Å². The van der Waals surface area contributed by atoms with Gasteiger partial charge in [0, 0.05) is 7.11 Å². The second kappa shape index (κ2) is 12.9. The Morgan fingerprint density at radius 1 is 1.08 bits per heavy atom. The van der Waals surface area contributed by atoms with Crippen molar-refractivity contribution in [1.82, 2.24) is 0 Å². The number of halogens is 1. The number of aliphatic hydroxyl groups excluding tert-OH is 3. The summed E-state index contributed by atoms with van der Waals surface area (Å²) in [7, 11) is 2.60. The molecule has 1 aliphatic rings. The number of benzene rings is 2. The monoisotopic (exact) mass is 542 g/mol. The normalized spacial score (nSPS) is 23.2. The van der Waals surface area contributed by atoms with Crippen molar-refractivity contribution in [3.05, 3.63) is 52.5 Å². The lowest BCUT2D eigenvalue weighted by Gasteiger charge is -2.40. The van der Waals surface area contributed by atoms with E-state index in [-0.39, 0.29) is 28.7 Å². The van der Waals surface area contributed by atoms with Crippen LogP contribution in [-0.2, 0) is 25.6 Å². The first-order valence-corrected chi connectivity index (χ1v) is 11.4. The zero-order chi connectivity index (χ0) is 27.1. The van der Waals surface area contributed by atoms with Gasteiger partial charge in [-0.3, -0.25) is 0 Å². The Bertz CT molecular complexity index is 1090. The number of rotatable bonds is 11. The van der Waals surface area contributed by atoms with Gasteiger partial charge in [-0.2, -0.15) is 0 Å². The maximum absolute atomic E-state index is 12.8. The van der Waals surface area contributed by atoms with Gasteiger partial charge in [0.05, 0.1) is 24.3 Å². The number of hydrogen-bond donors (Lipinski definition) is 4. The van der Waals surface area contributed by atoms with E-state index in [1.807, 2.05) is 0 Å². The first-order chi connectivity index (χ1) is 17.7. The fourth-order valence-corrected chi connectivity index (χ4v) is 3.83. The Morgan fingerprint density at radius 2 is 1.84 bits per heavy atom. The zero-order valence-electron chi connectivity index (χ0n) is 19.9. The van der Waals surface area contributed by atoms with Crippen LogP contribution in [0.5, 0.6) is 17.2 Å². The highest BCUT2D eigenvalue weighted by Gasteiger charge is 2.47. The molecule has 2 aromatic carbocycles. The molecule has 3 rings (SSSR count). The van der Waals surface area contributed by atoms with Crippen LogP contribution in [0, 0.1) is 0 Å². The third-order valence-corrected chi connectivity index (χ3v) is 5.69. The highest BCUT2D eigenvalue weighted by atomic mass is 35.5. The van der Waals surface area contributed by atoms with E-state index in [9.17, 15) is 24.9 Å². The SMILES string of the molecule is COc1cc(C(=O)O[C@H]2[C@@H](OC)O[C@H](CO)[C@@H](O)[C@@H]2O)cc(Cl)c1OCc1cccc(OCC(=O)O)c1. The van der Waals surface area contributed by atoms with Crippen molar-refractivity contribution in [2.45, 2.75) is 37.3 Å². The van der Waals surface area contributed by atoms with Crippen molar-refractivity contribution in [1.29, 1.82) is 0 Å². The molecule has 0 radical (unpaired) electrons. The summed E-state index contributed by atoms with van der Waals surface area (Å²) < 4.78 is 32.0. The van der Waals surface area contributed by atoms with Crippen LogP contribution < -0.4 is 14.2 Å². The van der Waals surface area contributed by atoms with Gasteiger partial charge in [0.1, 0.15) is 30.7 Å². The minimum atomic E-state index is -1.59. The molecule has 12 nitrogen and oxygen atoms in total. The minimum Gasteiger partial charge on any atom is -0.493 e. The quantitative estimate of drug-likeness (QED) is 0.297. The molecule has 0 amide bonds. The Labute approximate surface area is 216 Å². The van der Waals surface area contributed by atoms with Gasteiger partial charge < -0.3 is 48.8 Å². The van der Waals surface area contributed by atoms with E-state index < -0.39 is 55.9 Å². The van der Waals surface area contributed by atoms with Gasteiger partial charge in [0.25, 0.3) is 0 Å². The van der Waals surface area contributed by atoms with Gasteiger partial charge in [0.15, 0.2) is 30.5 Å². The molecule has 1 heterocycles. The molecule has 202 valence electrons. The molecular formula is C24H27ClO12. The first-order valence-electron chi connectivity index (χ1n) is 11.0. The Kier molecular flexibility index (Phi) is 9.92. The van der Waals surface area contributed by atoms with Crippen molar-refractivity contribution in [3.63, 3.8) is 0 Å². The molecule has 2 aromatic rings. The van der Waals surface area contributed by atoms with E-state index >= 15 is 0 Å². The van der Waals surface area contributed by atoms with Crippen LogP contribution in [0.15, 0.2) is 36.4 Å². The van der Waals surface area contributed by atoms with Crippen LogP contribution in [-0.4, -0.2) is 90.5 Å². The number of carbonyl (C=O) groups excluding carboxylic acids is 1. The number of esters is 1. The Morgan fingerprint density at radius 3 is 2.49 bits per heavy atom. The lowest BCUT2D eigenvalue weighted by Crippen LogP contribution is -2.60. The standard InChI is InChI=1S/C24H27ClO12/c1-32-16-8-13(23(31)37-22-20(30)19(29)17(9-26)36-24(22)33-2)7-15(25)21(16)35-10-12-4-3-5-14(6-12)34-11-18(27)28/h3-8,17,19-20,22,24,26,29-30H,9-11H2,1-2H3,(H,27,28)/t17-,19-,20+,22-,24+/m1/s1. The summed E-state index contributed by atoms with van der Waals surface area (Å²) in [4.78, 5) is 23.5. The second-order valence-electron chi connectivity index (χ2n) is 7.92. The lowest BCUT2D eigenvalue weighted by molar-refractivity contribution is -0.293. The minimum absolute atomic E-state index is 0.0219. The van der Waals surface area contributed by atoms with Crippen LogP contribution in [0.4, 0.5) is 0 Å². The summed E-state index contributed by atoms with van der Waals surface area (Å²) >= 11 is 6.36. The molecule has 13 heteroatoms. The molecule has 4 N–H and O–H groups in total. The number of ether oxygens (including phenoxy) is 6. The highest BCUT2D eigenvalue weighted by molar-refractivity contribution is 6.32. The maximum Gasteiger partial charge on any atom is 0.341 e. The van der Waals surface area contributed by atoms with E-state index in [4.69, 9.17) is 45.1 Å². The first kappa shape index (κ1) is 28.4. The van der Waals surface area contributed by atoms with Crippen molar-refractivity contribution in [3.8, 4) is 17.2 Å². The van der Waals surface area contributed by atoms with Gasteiger partial charge in [-0.1, -0.05) is 23.7 Å².